The zero-order valence-corrected chi connectivity index (χ0v) is 18.3. The van der Waals surface area contributed by atoms with Gasteiger partial charge in [-0.15, -0.1) is 0 Å². The normalized spacial score (nSPS) is 24.1. The Bertz CT molecular complexity index is 1070. The lowest BCUT2D eigenvalue weighted by Gasteiger charge is -2.24. The van der Waals surface area contributed by atoms with Crippen LogP contribution in [0.3, 0.4) is 0 Å². The second-order valence-corrected chi connectivity index (χ2v) is 11.3. The van der Waals surface area contributed by atoms with Crippen molar-refractivity contribution < 1.29 is 13.2 Å². The van der Waals surface area contributed by atoms with E-state index in [1.165, 1.54) is 11.8 Å². The third kappa shape index (κ3) is 4.85. The van der Waals surface area contributed by atoms with E-state index >= 15 is 0 Å². The summed E-state index contributed by atoms with van der Waals surface area (Å²) in [5, 5.41) is 1.17. The molecule has 4 rings (SSSR count). The maximum absolute atomic E-state index is 12.6. The Labute approximate surface area is 180 Å². The SMILES string of the molecule is Cc1cccc(CC(=O)N=C2S[C@@H]3CS(=O)(=O)C[C@@H]3N2Cc2ccc(Cl)cc2)c1. The Morgan fingerprint density at radius 3 is 2.66 bits per heavy atom. The molecule has 2 aliphatic heterocycles. The number of rotatable bonds is 4. The summed E-state index contributed by atoms with van der Waals surface area (Å²) >= 11 is 7.38. The molecular weight excluding hydrogens is 428 g/mol. The first-order valence-electron chi connectivity index (χ1n) is 9.34. The summed E-state index contributed by atoms with van der Waals surface area (Å²) in [5.41, 5.74) is 3.02. The summed E-state index contributed by atoms with van der Waals surface area (Å²) in [4.78, 5) is 18.9. The largest absolute Gasteiger partial charge is 0.342 e. The Balaban J connectivity index is 1.57. The average Bonchev–Trinajstić information content (AvgIpc) is 3.09. The van der Waals surface area contributed by atoms with Crippen molar-refractivity contribution in [3.8, 4) is 0 Å². The molecule has 29 heavy (non-hydrogen) atoms. The zero-order chi connectivity index (χ0) is 20.6. The standard InChI is InChI=1S/C21H21ClN2O3S2/c1-14-3-2-4-16(9-14)10-20(25)23-21-24(11-15-5-7-17(22)8-6-15)18-12-29(26,27)13-19(18)28-21/h2-9,18-19H,10-13H2,1H3/t18-,19+/m0/s1. The Morgan fingerprint density at radius 2 is 1.93 bits per heavy atom. The van der Waals surface area contributed by atoms with Gasteiger partial charge >= 0.3 is 0 Å². The second kappa shape index (κ2) is 8.13. The van der Waals surface area contributed by atoms with E-state index in [0.29, 0.717) is 16.7 Å². The molecule has 2 aromatic carbocycles. The van der Waals surface area contributed by atoms with Crippen LogP contribution in [0.25, 0.3) is 0 Å². The van der Waals surface area contributed by atoms with Crippen LogP contribution in [0.5, 0.6) is 0 Å². The lowest BCUT2D eigenvalue weighted by Crippen LogP contribution is -2.37. The summed E-state index contributed by atoms with van der Waals surface area (Å²) in [6, 6.07) is 15.1. The fourth-order valence-electron chi connectivity index (χ4n) is 3.75. The monoisotopic (exact) mass is 448 g/mol. The molecule has 0 spiro atoms. The molecular formula is C21H21ClN2O3S2. The van der Waals surface area contributed by atoms with Gasteiger partial charge in [-0.05, 0) is 30.2 Å². The van der Waals surface area contributed by atoms with Crippen molar-refractivity contribution in [1.29, 1.82) is 0 Å². The van der Waals surface area contributed by atoms with Gasteiger partial charge < -0.3 is 4.90 Å². The molecule has 1 amide bonds. The van der Waals surface area contributed by atoms with E-state index in [-0.39, 0.29) is 35.1 Å². The van der Waals surface area contributed by atoms with Crippen LogP contribution < -0.4 is 0 Å². The van der Waals surface area contributed by atoms with Gasteiger partial charge in [0, 0.05) is 16.8 Å². The molecule has 0 saturated carbocycles. The number of benzene rings is 2. The van der Waals surface area contributed by atoms with Gasteiger partial charge in [0.2, 0.25) is 0 Å². The first-order valence-corrected chi connectivity index (χ1v) is 12.4. The third-order valence-corrected chi connectivity index (χ3v) is 8.60. The highest BCUT2D eigenvalue weighted by Gasteiger charge is 2.48. The van der Waals surface area contributed by atoms with Crippen LogP contribution in [-0.4, -0.2) is 47.2 Å². The molecule has 2 heterocycles. The number of sulfone groups is 1. The highest BCUT2D eigenvalue weighted by atomic mass is 35.5. The van der Waals surface area contributed by atoms with E-state index in [0.717, 1.165) is 16.7 Å². The van der Waals surface area contributed by atoms with Crippen LogP contribution in [0.1, 0.15) is 16.7 Å². The van der Waals surface area contributed by atoms with Gasteiger partial charge in [-0.3, -0.25) is 4.79 Å². The highest BCUT2D eigenvalue weighted by molar-refractivity contribution is 8.15. The number of carbonyl (C=O) groups is 1. The number of fused-ring (bicyclic) bond motifs is 1. The van der Waals surface area contributed by atoms with Crippen LogP contribution in [0.4, 0.5) is 0 Å². The molecule has 5 nitrogen and oxygen atoms in total. The molecule has 2 saturated heterocycles. The van der Waals surface area contributed by atoms with Crippen molar-refractivity contribution in [1.82, 2.24) is 4.90 Å². The number of halogens is 1. The van der Waals surface area contributed by atoms with Crippen molar-refractivity contribution in [2.45, 2.75) is 31.2 Å². The second-order valence-electron chi connectivity index (χ2n) is 7.51. The summed E-state index contributed by atoms with van der Waals surface area (Å²) < 4.78 is 24.2. The number of hydrogen-bond donors (Lipinski definition) is 0. The van der Waals surface area contributed by atoms with Crippen LogP contribution >= 0.6 is 23.4 Å². The number of aryl methyl sites for hydroxylation is 1. The van der Waals surface area contributed by atoms with E-state index in [4.69, 9.17) is 11.6 Å². The number of amidine groups is 1. The smallest absolute Gasteiger partial charge is 0.252 e. The number of hydrogen-bond acceptors (Lipinski definition) is 4. The number of nitrogens with zero attached hydrogens (tertiary/aromatic N) is 2. The molecule has 0 unspecified atom stereocenters. The molecule has 0 bridgehead atoms. The van der Waals surface area contributed by atoms with Crippen molar-refractivity contribution in [2.24, 2.45) is 4.99 Å². The van der Waals surface area contributed by atoms with Crippen LogP contribution in [-0.2, 0) is 27.6 Å². The van der Waals surface area contributed by atoms with E-state index in [9.17, 15) is 13.2 Å². The van der Waals surface area contributed by atoms with E-state index < -0.39 is 9.84 Å². The Kier molecular flexibility index (Phi) is 5.73. The van der Waals surface area contributed by atoms with Crippen LogP contribution in [0.2, 0.25) is 5.02 Å². The van der Waals surface area contributed by atoms with Gasteiger partial charge in [-0.2, -0.15) is 4.99 Å². The molecule has 0 aromatic heterocycles. The molecule has 2 fully saturated rings. The summed E-state index contributed by atoms with van der Waals surface area (Å²) in [6.45, 7) is 2.49. The van der Waals surface area contributed by atoms with Gasteiger partial charge in [-0.25, -0.2) is 8.42 Å². The zero-order valence-electron chi connectivity index (χ0n) is 15.9. The molecule has 0 N–H and O–H groups in total. The minimum Gasteiger partial charge on any atom is -0.342 e. The Morgan fingerprint density at radius 1 is 1.17 bits per heavy atom. The first kappa shape index (κ1) is 20.4. The van der Waals surface area contributed by atoms with Gasteiger partial charge in [0.1, 0.15) is 0 Å². The van der Waals surface area contributed by atoms with Crippen molar-refractivity contribution in [3.63, 3.8) is 0 Å². The molecule has 2 aliphatic rings. The molecule has 152 valence electrons. The van der Waals surface area contributed by atoms with Crippen molar-refractivity contribution >= 4 is 44.3 Å². The lowest BCUT2D eigenvalue weighted by molar-refractivity contribution is -0.117. The molecule has 0 aliphatic carbocycles. The summed E-state index contributed by atoms with van der Waals surface area (Å²) in [7, 11) is -3.07. The van der Waals surface area contributed by atoms with Gasteiger partial charge in [0.25, 0.3) is 5.91 Å². The van der Waals surface area contributed by atoms with Crippen molar-refractivity contribution in [2.75, 3.05) is 11.5 Å². The maximum atomic E-state index is 12.6. The predicted octanol–water partition coefficient (Wildman–Crippen LogP) is 3.49. The van der Waals surface area contributed by atoms with Crippen molar-refractivity contribution in [3.05, 3.63) is 70.2 Å². The number of carbonyl (C=O) groups excluding carboxylic acids is 1. The summed E-state index contributed by atoms with van der Waals surface area (Å²) in [6.07, 6.45) is 0.230. The average molecular weight is 449 g/mol. The quantitative estimate of drug-likeness (QED) is 0.716. The number of amides is 1. The summed E-state index contributed by atoms with van der Waals surface area (Å²) in [5.74, 6) is 0.00971. The molecule has 2 aromatic rings. The minimum absolute atomic E-state index is 0.0854. The van der Waals surface area contributed by atoms with Gasteiger partial charge in [0.05, 0.1) is 24.0 Å². The maximum Gasteiger partial charge on any atom is 0.252 e. The fraction of sp³-hybridized carbons (Fsp3) is 0.333. The van der Waals surface area contributed by atoms with E-state index in [1.54, 1.807) is 0 Å². The van der Waals surface area contributed by atoms with Crippen LogP contribution in [0, 0.1) is 6.92 Å². The van der Waals surface area contributed by atoms with E-state index in [2.05, 4.69) is 4.99 Å². The number of aliphatic imine (C=N–C) groups is 1. The predicted molar refractivity (Wildman–Crippen MR) is 118 cm³/mol. The first-order chi connectivity index (χ1) is 13.8. The molecule has 8 heteroatoms. The van der Waals surface area contributed by atoms with E-state index in [1.807, 2.05) is 60.4 Å². The highest BCUT2D eigenvalue weighted by Crippen LogP contribution is 2.39. The Hall–Kier alpha value is -1.83. The van der Waals surface area contributed by atoms with Gasteiger partial charge in [-0.1, -0.05) is 65.3 Å². The third-order valence-electron chi connectivity index (χ3n) is 5.10. The molecule has 2 atom stereocenters. The fourth-order valence-corrected chi connectivity index (χ4v) is 7.84. The lowest BCUT2D eigenvalue weighted by atomic mass is 10.1. The number of thioether (sulfide) groups is 1. The van der Waals surface area contributed by atoms with Gasteiger partial charge in [0.15, 0.2) is 15.0 Å². The van der Waals surface area contributed by atoms with Crippen LogP contribution in [0.15, 0.2) is 53.5 Å². The minimum atomic E-state index is -3.07. The molecule has 0 radical (unpaired) electrons. The topological polar surface area (TPSA) is 66.8 Å².